The molecule has 0 fully saturated rings. The number of nitrogens with zero attached hydrogens (tertiary/aromatic N) is 1. The Morgan fingerprint density at radius 2 is 2.33 bits per heavy atom. The van der Waals surface area contributed by atoms with Gasteiger partial charge in [0.25, 0.3) is 5.91 Å². The number of hydrogen-bond donors (Lipinski definition) is 2. The van der Waals surface area contributed by atoms with Gasteiger partial charge in [-0.3, -0.25) is 9.78 Å². The summed E-state index contributed by atoms with van der Waals surface area (Å²) in [5.74, 6) is -0.173. The second-order valence-corrected chi connectivity index (χ2v) is 5.21. The fourth-order valence-corrected chi connectivity index (χ4v) is 2.42. The number of amides is 1. The lowest BCUT2D eigenvalue weighted by atomic mass is 9.97. The number of anilines is 1. The van der Waals surface area contributed by atoms with Crippen LogP contribution in [0.4, 0.5) is 5.69 Å². The summed E-state index contributed by atoms with van der Waals surface area (Å²) >= 11 is 0. The number of aromatic nitrogens is 1. The molecule has 112 valence electrons. The standard InChI is InChI=1S/C17H23N3O/c1-2-10-20-17(21)16-13-15(9-12-19-16)18-11-8-14-6-4-3-5-7-14/h2,6,9,12-13H,1,3-5,7-8,10-11H2,(H,18,19)(H,20,21). The topological polar surface area (TPSA) is 54.0 Å². The molecular formula is C17H23N3O. The summed E-state index contributed by atoms with van der Waals surface area (Å²) in [5.41, 5.74) is 2.91. The van der Waals surface area contributed by atoms with Crippen molar-refractivity contribution in [2.24, 2.45) is 0 Å². The molecule has 0 bridgehead atoms. The van der Waals surface area contributed by atoms with Crippen LogP contribution in [0.25, 0.3) is 0 Å². The molecule has 2 rings (SSSR count). The predicted octanol–water partition coefficient (Wildman–Crippen LogP) is 3.30. The fraction of sp³-hybridized carbons (Fsp3) is 0.412. The minimum atomic E-state index is -0.173. The molecule has 0 aromatic carbocycles. The molecule has 0 aliphatic heterocycles. The zero-order valence-electron chi connectivity index (χ0n) is 12.4. The van der Waals surface area contributed by atoms with Crippen LogP contribution in [0.15, 0.2) is 42.6 Å². The first-order valence-corrected chi connectivity index (χ1v) is 7.56. The van der Waals surface area contributed by atoms with Gasteiger partial charge in [0.15, 0.2) is 0 Å². The van der Waals surface area contributed by atoms with Gasteiger partial charge in [-0.1, -0.05) is 17.7 Å². The largest absolute Gasteiger partial charge is 0.385 e. The van der Waals surface area contributed by atoms with Crippen LogP contribution in [0.3, 0.4) is 0 Å². The molecule has 1 heterocycles. The monoisotopic (exact) mass is 285 g/mol. The SMILES string of the molecule is C=CCNC(=O)c1cc(NCCC2=CCCCC2)ccn1. The predicted molar refractivity (Wildman–Crippen MR) is 86.4 cm³/mol. The summed E-state index contributed by atoms with van der Waals surface area (Å²) in [5, 5.41) is 6.09. The van der Waals surface area contributed by atoms with Gasteiger partial charge in [0.2, 0.25) is 0 Å². The molecule has 0 radical (unpaired) electrons. The molecular weight excluding hydrogens is 262 g/mol. The third kappa shape index (κ3) is 5.06. The van der Waals surface area contributed by atoms with Gasteiger partial charge < -0.3 is 10.6 Å². The highest BCUT2D eigenvalue weighted by atomic mass is 16.1. The van der Waals surface area contributed by atoms with E-state index in [-0.39, 0.29) is 5.91 Å². The van der Waals surface area contributed by atoms with E-state index in [0.717, 1.165) is 18.7 Å². The Kier molecular flexibility index (Phi) is 6.00. The van der Waals surface area contributed by atoms with Gasteiger partial charge in [0.1, 0.15) is 5.69 Å². The molecule has 1 aromatic rings. The molecule has 2 N–H and O–H groups in total. The van der Waals surface area contributed by atoms with Crippen molar-refractivity contribution in [1.82, 2.24) is 10.3 Å². The Bertz CT molecular complexity index is 523. The Balaban J connectivity index is 1.84. The van der Waals surface area contributed by atoms with Crippen LogP contribution in [0.5, 0.6) is 0 Å². The van der Waals surface area contributed by atoms with Crippen molar-refractivity contribution < 1.29 is 4.79 Å². The van der Waals surface area contributed by atoms with E-state index in [1.807, 2.05) is 6.07 Å². The van der Waals surface area contributed by atoms with Gasteiger partial charge in [0, 0.05) is 25.0 Å². The van der Waals surface area contributed by atoms with E-state index in [1.54, 1.807) is 23.9 Å². The first kappa shape index (κ1) is 15.3. The first-order valence-electron chi connectivity index (χ1n) is 7.56. The quantitative estimate of drug-likeness (QED) is 0.756. The van der Waals surface area contributed by atoms with Crippen LogP contribution in [0, 0.1) is 0 Å². The molecule has 1 aliphatic rings. The van der Waals surface area contributed by atoms with E-state index < -0.39 is 0 Å². The minimum Gasteiger partial charge on any atom is -0.385 e. The maximum atomic E-state index is 11.8. The molecule has 0 saturated heterocycles. The highest BCUT2D eigenvalue weighted by Crippen LogP contribution is 2.20. The zero-order valence-corrected chi connectivity index (χ0v) is 12.4. The number of carbonyl (C=O) groups excluding carboxylic acids is 1. The van der Waals surface area contributed by atoms with E-state index in [0.29, 0.717) is 12.2 Å². The number of pyridine rings is 1. The number of nitrogens with one attached hydrogen (secondary N) is 2. The van der Waals surface area contributed by atoms with Crippen LogP contribution in [-0.4, -0.2) is 24.0 Å². The smallest absolute Gasteiger partial charge is 0.270 e. The van der Waals surface area contributed by atoms with E-state index >= 15 is 0 Å². The van der Waals surface area contributed by atoms with E-state index in [1.165, 1.54) is 25.7 Å². The number of allylic oxidation sites excluding steroid dienone is 1. The maximum absolute atomic E-state index is 11.8. The van der Waals surface area contributed by atoms with E-state index in [4.69, 9.17) is 0 Å². The highest BCUT2D eigenvalue weighted by Gasteiger charge is 2.07. The Hall–Kier alpha value is -2.10. The molecule has 1 aromatic heterocycles. The van der Waals surface area contributed by atoms with Crippen molar-refractivity contribution in [3.05, 3.63) is 48.3 Å². The average molecular weight is 285 g/mol. The van der Waals surface area contributed by atoms with Crippen LogP contribution in [0.1, 0.15) is 42.6 Å². The summed E-state index contributed by atoms with van der Waals surface area (Å²) in [6.45, 7) is 4.92. The van der Waals surface area contributed by atoms with Crippen LogP contribution in [-0.2, 0) is 0 Å². The molecule has 4 heteroatoms. The first-order chi connectivity index (χ1) is 10.3. The lowest BCUT2D eigenvalue weighted by Gasteiger charge is -2.13. The molecule has 1 aliphatic carbocycles. The van der Waals surface area contributed by atoms with Gasteiger partial charge in [-0.2, -0.15) is 0 Å². The summed E-state index contributed by atoms with van der Waals surface area (Å²) in [7, 11) is 0. The maximum Gasteiger partial charge on any atom is 0.270 e. The van der Waals surface area contributed by atoms with Crippen molar-refractivity contribution in [3.8, 4) is 0 Å². The van der Waals surface area contributed by atoms with Crippen molar-refractivity contribution in [2.45, 2.75) is 32.1 Å². The lowest BCUT2D eigenvalue weighted by molar-refractivity contribution is 0.0953. The van der Waals surface area contributed by atoms with Crippen LogP contribution in [0.2, 0.25) is 0 Å². The second-order valence-electron chi connectivity index (χ2n) is 5.21. The molecule has 0 saturated carbocycles. The van der Waals surface area contributed by atoms with E-state index in [2.05, 4.69) is 28.3 Å². The van der Waals surface area contributed by atoms with Crippen molar-refractivity contribution in [2.75, 3.05) is 18.4 Å². The van der Waals surface area contributed by atoms with Crippen molar-refractivity contribution in [1.29, 1.82) is 0 Å². The third-order valence-corrected chi connectivity index (χ3v) is 3.56. The van der Waals surface area contributed by atoms with E-state index in [9.17, 15) is 4.79 Å². The molecule has 1 amide bonds. The number of rotatable bonds is 7. The summed E-state index contributed by atoms with van der Waals surface area (Å²) in [6.07, 6.45) is 11.8. The molecule has 0 unspecified atom stereocenters. The molecule has 21 heavy (non-hydrogen) atoms. The van der Waals surface area contributed by atoms with Gasteiger partial charge in [-0.05, 0) is 44.2 Å². The van der Waals surface area contributed by atoms with Crippen LogP contribution >= 0.6 is 0 Å². The lowest BCUT2D eigenvalue weighted by Crippen LogP contribution is -2.24. The fourth-order valence-electron chi connectivity index (χ4n) is 2.42. The number of hydrogen-bond acceptors (Lipinski definition) is 3. The Morgan fingerprint density at radius 3 is 3.10 bits per heavy atom. The van der Waals surface area contributed by atoms with Gasteiger partial charge >= 0.3 is 0 Å². The Labute approximate surface area is 126 Å². The summed E-state index contributed by atoms with van der Waals surface area (Å²) < 4.78 is 0. The van der Waals surface area contributed by atoms with Gasteiger partial charge in [0.05, 0.1) is 0 Å². The molecule has 0 atom stereocenters. The van der Waals surface area contributed by atoms with Gasteiger partial charge in [-0.25, -0.2) is 0 Å². The van der Waals surface area contributed by atoms with Crippen molar-refractivity contribution >= 4 is 11.6 Å². The summed E-state index contributed by atoms with van der Waals surface area (Å²) in [4.78, 5) is 15.9. The molecule has 4 nitrogen and oxygen atoms in total. The normalized spacial score (nSPS) is 14.2. The summed E-state index contributed by atoms with van der Waals surface area (Å²) in [6, 6.07) is 3.67. The third-order valence-electron chi connectivity index (χ3n) is 3.56. The second kappa shape index (κ2) is 8.25. The Morgan fingerprint density at radius 1 is 1.43 bits per heavy atom. The highest BCUT2D eigenvalue weighted by molar-refractivity contribution is 5.93. The average Bonchev–Trinajstić information content (AvgIpc) is 2.54. The van der Waals surface area contributed by atoms with Crippen molar-refractivity contribution in [3.63, 3.8) is 0 Å². The zero-order chi connectivity index (χ0) is 14.9. The number of carbonyl (C=O) groups is 1. The van der Waals surface area contributed by atoms with Crippen LogP contribution < -0.4 is 10.6 Å². The molecule has 0 spiro atoms. The van der Waals surface area contributed by atoms with Gasteiger partial charge in [-0.15, -0.1) is 6.58 Å². The minimum absolute atomic E-state index is 0.173.